The Hall–Kier alpha value is -3.34. The van der Waals surface area contributed by atoms with Crippen LogP contribution in [0.3, 0.4) is 0 Å². The van der Waals surface area contributed by atoms with Crippen LogP contribution in [-0.2, 0) is 9.59 Å². The fourth-order valence-corrected chi connectivity index (χ4v) is 4.57. The summed E-state index contributed by atoms with van der Waals surface area (Å²) in [6.07, 6.45) is -5.67. The highest BCUT2D eigenvalue weighted by molar-refractivity contribution is 7.99. The third kappa shape index (κ3) is 4.58. The van der Waals surface area contributed by atoms with Gasteiger partial charge in [-0.25, -0.2) is 0 Å². The lowest BCUT2D eigenvalue weighted by Crippen LogP contribution is -2.50. The van der Waals surface area contributed by atoms with Crippen molar-refractivity contribution in [3.8, 4) is 5.69 Å². The van der Waals surface area contributed by atoms with Crippen molar-refractivity contribution in [1.29, 1.82) is 0 Å². The molecule has 0 bridgehead atoms. The van der Waals surface area contributed by atoms with Crippen LogP contribution in [0.2, 0.25) is 0 Å². The third-order valence-corrected chi connectivity index (χ3v) is 6.16. The molecule has 0 aliphatic carbocycles. The van der Waals surface area contributed by atoms with E-state index in [4.69, 9.17) is 0 Å². The Morgan fingerprint density at radius 3 is 2.45 bits per heavy atom. The van der Waals surface area contributed by atoms with Crippen LogP contribution >= 0.6 is 11.8 Å². The summed E-state index contributed by atoms with van der Waals surface area (Å²) in [6.45, 7) is 3.67. The number of para-hydroxylation sites is 3. The van der Waals surface area contributed by atoms with Crippen molar-refractivity contribution in [1.82, 2.24) is 14.8 Å². The van der Waals surface area contributed by atoms with Gasteiger partial charge in [-0.15, -0.1) is 10.2 Å². The maximum atomic E-state index is 13.9. The van der Waals surface area contributed by atoms with Crippen LogP contribution in [0, 0.1) is 13.8 Å². The molecular weight excluding hydrogens is 455 g/mol. The molecule has 0 spiro atoms. The van der Waals surface area contributed by atoms with Crippen LogP contribution < -0.4 is 10.2 Å². The second-order valence-corrected chi connectivity index (χ2v) is 8.47. The molecule has 4 rings (SSSR count). The summed E-state index contributed by atoms with van der Waals surface area (Å²) in [6, 6.07) is 11.2. The number of aryl methyl sites for hydroxylation is 2. The molecule has 0 saturated carbocycles. The van der Waals surface area contributed by atoms with Crippen molar-refractivity contribution >= 4 is 35.0 Å². The first-order chi connectivity index (χ1) is 15.7. The zero-order valence-electron chi connectivity index (χ0n) is 17.8. The number of amides is 2. The minimum Gasteiger partial charge on any atom is -0.324 e. The van der Waals surface area contributed by atoms with Gasteiger partial charge in [0.2, 0.25) is 11.8 Å². The Morgan fingerprint density at radius 1 is 1.09 bits per heavy atom. The number of fused-ring (bicyclic) bond motifs is 1. The SMILES string of the molecule is Cc1ccccc1-n1c(C)nnc1SCC(=O)N1c2ccccc2NC(=O)CC1C(F)(F)F. The third-order valence-electron chi connectivity index (χ3n) is 5.25. The number of halogens is 3. The monoisotopic (exact) mass is 475 g/mol. The minimum absolute atomic E-state index is 0.00725. The Labute approximate surface area is 192 Å². The van der Waals surface area contributed by atoms with Crippen molar-refractivity contribution in [2.24, 2.45) is 0 Å². The summed E-state index contributed by atoms with van der Waals surface area (Å²) in [4.78, 5) is 26.0. The molecule has 0 fully saturated rings. The summed E-state index contributed by atoms with van der Waals surface area (Å²) >= 11 is 0.994. The van der Waals surface area contributed by atoms with Crippen LogP contribution in [0.5, 0.6) is 0 Å². The van der Waals surface area contributed by atoms with E-state index in [0.717, 1.165) is 23.0 Å². The maximum Gasteiger partial charge on any atom is 0.409 e. The average molecular weight is 475 g/mol. The first kappa shape index (κ1) is 22.8. The molecule has 2 amide bonds. The summed E-state index contributed by atoms with van der Waals surface area (Å²) in [5.41, 5.74) is 1.94. The lowest BCUT2D eigenvalue weighted by Gasteiger charge is -2.31. The number of nitrogens with zero attached hydrogens (tertiary/aromatic N) is 4. The van der Waals surface area contributed by atoms with Gasteiger partial charge in [0.15, 0.2) is 5.16 Å². The van der Waals surface area contributed by atoms with E-state index >= 15 is 0 Å². The molecule has 1 atom stereocenters. The number of aromatic nitrogens is 3. The van der Waals surface area contributed by atoms with E-state index in [1.165, 1.54) is 18.2 Å². The number of thioether (sulfide) groups is 1. The smallest absolute Gasteiger partial charge is 0.324 e. The number of hydrogen-bond donors (Lipinski definition) is 1. The largest absolute Gasteiger partial charge is 0.409 e. The van der Waals surface area contributed by atoms with E-state index in [9.17, 15) is 22.8 Å². The maximum absolute atomic E-state index is 13.9. The fraction of sp³-hybridized carbons (Fsp3) is 0.273. The van der Waals surface area contributed by atoms with Crippen molar-refractivity contribution in [3.63, 3.8) is 0 Å². The molecule has 1 N–H and O–H groups in total. The van der Waals surface area contributed by atoms with Gasteiger partial charge in [0.05, 0.1) is 29.2 Å². The van der Waals surface area contributed by atoms with Crippen LogP contribution in [0.25, 0.3) is 5.69 Å². The number of anilines is 2. The molecule has 3 aromatic rings. The number of benzene rings is 2. The molecule has 1 aliphatic heterocycles. The van der Waals surface area contributed by atoms with Crippen LogP contribution in [0.1, 0.15) is 17.8 Å². The minimum atomic E-state index is -4.78. The van der Waals surface area contributed by atoms with Gasteiger partial charge in [0.1, 0.15) is 11.9 Å². The Balaban J connectivity index is 1.66. The summed E-state index contributed by atoms with van der Waals surface area (Å²) in [5.74, 6) is -1.33. The lowest BCUT2D eigenvalue weighted by atomic mass is 10.1. The highest BCUT2D eigenvalue weighted by Crippen LogP contribution is 2.38. The van der Waals surface area contributed by atoms with Gasteiger partial charge in [-0.1, -0.05) is 42.1 Å². The number of alkyl halides is 3. The van der Waals surface area contributed by atoms with Gasteiger partial charge in [0, 0.05) is 0 Å². The fourth-order valence-electron chi connectivity index (χ4n) is 3.72. The number of carbonyl (C=O) groups excluding carboxylic acids is 2. The van der Waals surface area contributed by atoms with Crippen molar-refractivity contribution in [3.05, 3.63) is 59.9 Å². The first-order valence-corrected chi connectivity index (χ1v) is 11.0. The number of carbonyl (C=O) groups is 2. The Morgan fingerprint density at radius 2 is 1.76 bits per heavy atom. The summed E-state index contributed by atoms with van der Waals surface area (Å²) in [7, 11) is 0. The molecule has 1 aromatic heterocycles. The van der Waals surface area contributed by atoms with Crippen LogP contribution in [0.15, 0.2) is 53.7 Å². The van der Waals surface area contributed by atoms with Crippen molar-refractivity contribution in [2.45, 2.75) is 37.6 Å². The van der Waals surface area contributed by atoms with Gasteiger partial charge in [-0.3, -0.25) is 19.1 Å². The van der Waals surface area contributed by atoms with Crippen molar-refractivity contribution in [2.75, 3.05) is 16.0 Å². The van der Waals surface area contributed by atoms with Gasteiger partial charge in [-0.2, -0.15) is 13.2 Å². The molecule has 2 heterocycles. The molecule has 1 unspecified atom stereocenters. The second kappa shape index (κ2) is 8.89. The van der Waals surface area contributed by atoms with E-state index in [-0.39, 0.29) is 17.1 Å². The predicted molar refractivity (Wildman–Crippen MR) is 119 cm³/mol. The predicted octanol–water partition coefficient (Wildman–Crippen LogP) is 4.28. The van der Waals surface area contributed by atoms with Crippen molar-refractivity contribution < 1.29 is 22.8 Å². The zero-order chi connectivity index (χ0) is 23.8. The molecule has 1 aliphatic rings. The zero-order valence-corrected chi connectivity index (χ0v) is 18.6. The van der Waals surface area contributed by atoms with E-state index in [0.29, 0.717) is 15.9 Å². The van der Waals surface area contributed by atoms with Gasteiger partial charge < -0.3 is 5.32 Å². The van der Waals surface area contributed by atoms with E-state index in [1.807, 2.05) is 31.2 Å². The standard InChI is InChI=1S/C22H20F3N5O2S/c1-13-7-3-5-9-16(13)29-14(2)27-28-21(29)33-12-20(32)30-17-10-6-4-8-15(17)26-19(31)11-18(30)22(23,24)25/h3-10,18H,11-12H2,1-2H3,(H,26,31). The average Bonchev–Trinajstić information content (AvgIpc) is 3.03. The van der Waals surface area contributed by atoms with E-state index in [2.05, 4.69) is 15.5 Å². The molecule has 7 nitrogen and oxygen atoms in total. The molecule has 2 aromatic carbocycles. The Kier molecular flexibility index (Phi) is 6.15. The number of nitrogens with one attached hydrogen (secondary N) is 1. The topological polar surface area (TPSA) is 80.1 Å². The summed E-state index contributed by atoms with van der Waals surface area (Å²) in [5, 5.41) is 11.0. The van der Waals surface area contributed by atoms with Gasteiger partial charge in [-0.05, 0) is 37.6 Å². The highest BCUT2D eigenvalue weighted by atomic mass is 32.2. The normalized spacial score (nSPS) is 16.2. The highest BCUT2D eigenvalue weighted by Gasteiger charge is 2.49. The molecule has 11 heteroatoms. The number of hydrogen-bond acceptors (Lipinski definition) is 5. The lowest BCUT2D eigenvalue weighted by molar-refractivity contribution is -0.157. The molecule has 172 valence electrons. The first-order valence-electron chi connectivity index (χ1n) is 10.1. The second-order valence-electron chi connectivity index (χ2n) is 7.53. The van der Waals surface area contributed by atoms with E-state index in [1.54, 1.807) is 17.6 Å². The Bertz CT molecular complexity index is 1210. The van der Waals surface area contributed by atoms with E-state index < -0.39 is 30.5 Å². The molecular formula is C22H20F3N5O2S. The molecule has 0 radical (unpaired) electrons. The van der Waals surface area contributed by atoms with Gasteiger partial charge in [0.25, 0.3) is 0 Å². The van der Waals surface area contributed by atoms with Crippen LogP contribution in [0.4, 0.5) is 24.5 Å². The quantitative estimate of drug-likeness (QED) is 0.570. The van der Waals surface area contributed by atoms with Crippen LogP contribution in [-0.4, -0.2) is 44.5 Å². The molecule has 0 saturated heterocycles. The summed E-state index contributed by atoms with van der Waals surface area (Å²) < 4.78 is 43.4. The van der Waals surface area contributed by atoms with Gasteiger partial charge >= 0.3 is 6.18 Å². The molecule has 33 heavy (non-hydrogen) atoms. The number of rotatable bonds is 4.